The third-order valence-corrected chi connectivity index (χ3v) is 6.92. The number of allylic oxidation sites excluding steroid dienone is 1. The Bertz CT molecular complexity index is 1640. The maximum absolute atomic E-state index is 13.8. The van der Waals surface area contributed by atoms with Crippen LogP contribution in [0.15, 0.2) is 75.8 Å². The Kier molecular flexibility index (Phi) is 6.13. The van der Waals surface area contributed by atoms with E-state index in [1.54, 1.807) is 18.4 Å². The number of nitrogens with zero attached hydrogens (tertiary/aromatic N) is 2. The molecule has 0 aliphatic carbocycles. The number of carbonyl (C=O) groups is 1. The van der Waals surface area contributed by atoms with Crippen molar-refractivity contribution in [2.45, 2.75) is 26.8 Å². The van der Waals surface area contributed by atoms with Gasteiger partial charge in [-0.05, 0) is 39.0 Å². The van der Waals surface area contributed by atoms with Crippen LogP contribution in [-0.2, 0) is 9.53 Å². The fourth-order valence-corrected chi connectivity index (χ4v) is 5.47. The molecule has 2 aromatic heterocycles. The quantitative estimate of drug-likeness (QED) is 0.421. The molecule has 0 saturated heterocycles. The van der Waals surface area contributed by atoms with Crippen LogP contribution in [0, 0.1) is 0 Å². The average molecular weight is 488 g/mol. The number of para-hydroxylation sites is 2. The summed E-state index contributed by atoms with van der Waals surface area (Å²) in [5, 5.41) is 1.03. The van der Waals surface area contributed by atoms with Crippen molar-refractivity contribution in [3.63, 3.8) is 0 Å². The topological polar surface area (TPSA) is 85.7 Å². The van der Waals surface area contributed by atoms with E-state index in [1.807, 2.05) is 67.7 Å². The Hall–Kier alpha value is -3.91. The Morgan fingerprint density at radius 1 is 1.14 bits per heavy atom. The molecule has 1 aliphatic rings. The van der Waals surface area contributed by atoms with E-state index < -0.39 is 12.0 Å². The molecule has 3 heterocycles. The molecule has 7 nitrogen and oxygen atoms in total. The van der Waals surface area contributed by atoms with Crippen LogP contribution in [0.2, 0.25) is 0 Å². The van der Waals surface area contributed by atoms with Crippen molar-refractivity contribution in [2.24, 2.45) is 4.99 Å². The first-order valence-electron chi connectivity index (χ1n) is 11.5. The number of ether oxygens (including phenoxy) is 2. The number of thiazole rings is 1. The van der Waals surface area contributed by atoms with E-state index in [4.69, 9.17) is 9.47 Å². The zero-order valence-corrected chi connectivity index (χ0v) is 20.5. The van der Waals surface area contributed by atoms with Crippen LogP contribution in [0.4, 0.5) is 0 Å². The van der Waals surface area contributed by atoms with Gasteiger partial charge in [0.25, 0.3) is 5.56 Å². The molecule has 0 saturated carbocycles. The Morgan fingerprint density at radius 3 is 2.71 bits per heavy atom. The van der Waals surface area contributed by atoms with Gasteiger partial charge in [-0.25, -0.2) is 9.79 Å². The average Bonchev–Trinajstić information content (AvgIpc) is 3.40. The Labute approximate surface area is 205 Å². The molecule has 1 aliphatic heterocycles. The number of hydrogen-bond acceptors (Lipinski definition) is 6. The molecule has 178 valence electrons. The van der Waals surface area contributed by atoms with Crippen LogP contribution in [0.3, 0.4) is 0 Å². The molecular weight excluding hydrogens is 462 g/mol. The summed E-state index contributed by atoms with van der Waals surface area (Å²) in [5.74, 6) is 0.124. The smallest absolute Gasteiger partial charge is 0.338 e. The highest BCUT2D eigenvalue weighted by molar-refractivity contribution is 7.07. The number of aromatic amines is 1. The lowest BCUT2D eigenvalue weighted by molar-refractivity contribution is -0.139. The molecule has 0 fully saturated rings. The number of esters is 1. The number of benzene rings is 2. The van der Waals surface area contributed by atoms with E-state index >= 15 is 0 Å². The van der Waals surface area contributed by atoms with E-state index in [-0.39, 0.29) is 12.2 Å². The monoisotopic (exact) mass is 487 g/mol. The molecule has 4 aromatic rings. The van der Waals surface area contributed by atoms with Gasteiger partial charge in [0.1, 0.15) is 11.8 Å². The van der Waals surface area contributed by atoms with Crippen molar-refractivity contribution < 1.29 is 14.3 Å². The number of rotatable bonds is 6. The maximum Gasteiger partial charge on any atom is 0.338 e. The number of carbonyl (C=O) groups excluding carboxylic acids is 1. The van der Waals surface area contributed by atoms with Crippen LogP contribution >= 0.6 is 11.3 Å². The zero-order valence-electron chi connectivity index (χ0n) is 19.7. The molecule has 1 N–H and O–H groups in total. The first-order valence-corrected chi connectivity index (χ1v) is 12.3. The summed E-state index contributed by atoms with van der Waals surface area (Å²) in [5.41, 5.74) is 3.27. The van der Waals surface area contributed by atoms with E-state index in [1.165, 1.54) is 11.3 Å². The third kappa shape index (κ3) is 4.00. The SMILES string of the molecule is CCOC(=O)C1=C(C)N=c2s/c(=C\c3c[nH]c4ccccc34)c(=O)n2C1c1ccccc1OCC. The number of H-pyrrole nitrogens is 1. The van der Waals surface area contributed by atoms with Crippen molar-refractivity contribution in [3.8, 4) is 5.75 Å². The Morgan fingerprint density at radius 2 is 1.91 bits per heavy atom. The predicted molar refractivity (Wildman–Crippen MR) is 136 cm³/mol. The molecule has 1 atom stereocenters. The van der Waals surface area contributed by atoms with Gasteiger partial charge in [0.05, 0.1) is 29.0 Å². The maximum atomic E-state index is 13.8. The fourth-order valence-electron chi connectivity index (χ4n) is 4.43. The van der Waals surface area contributed by atoms with Gasteiger partial charge in [-0.3, -0.25) is 9.36 Å². The molecule has 8 heteroatoms. The molecular formula is C27H25N3O4S. The summed E-state index contributed by atoms with van der Waals surface area (Å²) >= 11 is 1.30. The minimum Gasteiger partial charge on any atom is -0.494 e. The first kappa shape index (κ1) is 22.9. The van der Waals surface area contributed by atoms with Crippen molar-refractivity contribution in [1.29, 1.82) is 0 Å². The van der Waals surface area contributed by atoms with Gasteiger partial charge in [0, 0.05) is 28.2 Å². The van der Waals surface area contributed by atoms with Gasteiger partial charge in [0.2, 0.25) is 0 Å². The molecule has 35 heavy (non-hydrogen) atoms. The number of aromatic nitrogens is 2. The van der Waals surface area contributed by atoms with Crippen LogP contribution in [0.1, 0.15) is 37.9 Å². The lowest BCUT2D eigenvalue weighted by Crippen LogP contribution is -2.40. The predicted octanol–water partition coefficient (Wildman–Crippen LogP) is 3.68. The van der Waals surface area contributed by atoms with Crippen LogP contribution < -0.4 is 19.6 Å². The molecule has 0 spiro atoms. The zero-order chi connectivity index (χ0) is 24.5. The summed E-state index contributed by atoms with van der Waals surface area (Å²) in [6.45, 7) is 6.11. The molecule has 0 radical (unpaired) electrons. The van der Waals surface area contributed by atoms with Gasteiger partial charge >= 0.3 is 5.97 Å². The van der Waals surface area contributed by atoms with Crippen LogP contribution in [0.25, 0.3) is 17.0 Å². The van der Waals surface area contributed by atoms with Crippen molar-refractivity contribution in [1.82, 2.24) is 9.55 Å². The van der Waals surface area contributed by atoms with E-state index in [2.05, 4.69) is 9.98 Å². The van der Waals surface area contributed by atoms with E-state index in [0.717, 1.165) is 16.5 Å². The van der Waals surface area contributed by atoms with Gasteiger partial charge in [0.15, 0.2) is 4.80 Å². The Balaban J connectivity index is 1.76. The highest BCUT2D eigenvalue weighted by Gasteiger charge is 2.35. The lowest BCUT2D eigenvalue weighted by Gasteiger charge is -2.26. The summed E-state index contributed by atoms with van der Waals surface area (Å²) < 4.78 is 13.4. The minimum absolute atomic E-state index is 0.218. The standard InChI is InChI=1S/C27H25N3O4S/c1-4-33-21-13-9-7-11-19(21)24-23(26(32)34-5-2)16(3)29-27-30(24)25(31)22(35-27)14-17-15-28-20-12-8-6-10-18(17)20/h6-15,24,28H,4-5H2,1-3H3/b22-14-. The van der Waals surface area contributed by atoms with Crippen molar-refractivity contribution in [2.75, 3.05) is 13.2 Å². The third-order valence-electron chi connectivity index (χ3n) is 5.94. The summed E-state index contributed by atoms with van der Waals surface area (Å²) in [7, 11) is 0. The van der Waals surface area contributed by atoms with Crippen molar-refractivity contribution in [3.05, 3.63) is 96.8 Å². The van der Waals surface area contributed by atoms with Crippen LogP contribution in [0.5, 0.6) is 5.75 Å². The lowest BCUT2D eigenvalue weighted by atomic mass is 9.95. The minimum atomic E-state index is -0.710. The number of hydrogen-bond donors (Lipinski definition) is 1. The highest BCUT2D eigenvalue weighted by Crippen LogP contribution is 2.35. The molecule has 2 aromatic carbocycles. The summed E-state index contributed by atoms with van der Waals surface area (Å²) in [4.78, 5) is 35.3. The highest BCUT2D eigenvalue weighted by atomic mass is 32.1. The van der Waals surface area contributed by atoms with Crippen molar-refractivity contribution >= 4 is 34.3 Å². The normalized spacial score (nSPS) is 15.7. The second-order valence-corrected chi connectivity index (χ2v) is 9.07. The second kappa shape index (κ2) is 9.38. The van der Waals surface area contributed by atoms with E-state index in [9.17, 15) is 9.59 Å². The van der Waals surface area contributed by atoms with E-state index in [0.29, 0.717) is 38.5 Å². The van der Waals surface area contributed by atoms with Gasteiger partial charge in [-0.2, -0.15) is 0 Å². The van der Waals surface area contributed by atoms with Gasteiger partial charge < -0.3 is 14.5 Å². The summed E-state index contributed by atoms with van der Waals surface area (Å²) in [6.07, 6.45) is 3.76. The molecule has 0 bridgehead atoms. The largest absolute Gasteiger partial charge is 0.494 e. The van der Waals surface area contributed by atoms with Gasteiger partial charge in [-0.15, -0.1) is 0 Å². The van der Waals surface area contributed by atoms with Crippen LogP contribution in [-0.4, -0.2) is 28.7 Å². The second-order valence-electron chi connectivity index (χ2n) is 8.06. The number of nitrogens with one attached hydrogen (secondary N) is 1. The fraction of sp³-hybridized carbons (Fsp3) is 0.222. The number of fused-ring (bicyclic) bond motifs is 2. The molecule has 5 rings (SSSR count). The first-order chi connectivity index (χ1) is 17.0. The molecule has 1 unspecified atom stereocenters. The van der Waals surface area contributed by atoms with Gasteiger partial charge in [-0.1, -0.05) is 47.7 Å². The molecule has 0 amide bonds. The summed E-state index contributed by atoms with van der Waals surface area (Å²) in [6, 6.07) is 14.7.